The molecule has 6 heteroatoms. The first-order valence-corrected chi connectivity index (χ1v) is 7.70. The third-order valence-corrected chi connectivity index (χ3v) is 3.91. The van der Waals surface area contributed by atoms with Crippen LogP contribution < -0.4 is 10.1 Å². The van der Waals surface area contributed by atoms with Gasteiger partial charge in [0.05, 0.1) is 0 Å². The summed E-state index contributed by atoms with van der Waals surface area (Å²) < 4.78 is 28.8. The predicted molar refractivity (Wildman–Crippen MR) is 87.0 cm³/mol. The van der Waals surface area contributed by atoms with E-state index in [2.05, 4.69) is 21.9 Å². The largest absolute Gasteiger partial charge is 0.435 e. The van der Waals surface area contributed by atoms with Gasteiger partial charge in [-0.15, -0.1) is 12.4 Å². The summed E-state index contributed by atoms with van der Waals surface area (Å²) in [5.74, 6) is 0.225. The van der Waals surface area contributed by atoms with Crippen LogP contribution in [0.1, 0.15) is 37.8 Å². The van der Waals surface area contributed by atoms with Gasteiger partial charge in [0.15, 0.2) is 0 Å². The molecule has 2 rings (SSSR count). The van der Waals surface area contributed by atoms with Crippen molar-refractivity contribution in [1.82, 2.24) is 10.2 Å². The molecule has 0 aliphatic carbocycles. The fraction of sp³-hybridized carbons (Fsp3) is 0.625. The molecule has 1 aromatic rings. The van der Waals surface area contributed by atoms with Crippen molar-refractivity contribution in [2.75, 3.05) is 26.2 Å². The second kappa shape index (κ2) is 9.98. The fourth-order valence-corrected chi connectivity index (χ4v) is 2.82. The highest BCUT2D eigenvalue weighted by molar-refractivity contribution is 5.85. The number of unbranched alkanes of at least 4 members (excludes halogenated alkanes) is 1. The second-order valence-electron chi connectivity index (χ2n) is 5.39. The lowest BCUT2D eigenvalue weighted by Gasteiger charge is -2.35. The minimum Gasteiger partial charge on any atom is -0.435 e. The van der Waals surface area contributed by atoms with Crippen LogP contribution in [0.15, 0.2) is 24.3 Å². The van der Waals surface area contributed by atoms with E-state index in [9.17, 15) is 8.78 Å². The van der Waals surface area contributed by atoms with Crippen LogP contribution in [0.3, 0.4) is 0 Å². The van der Waals surface area contributed by atoms with E-state index in [1.165, 1.54) is 12.0 Å². The molecule has 0 bridgehead atoms. The van der Waals surface area contributed by atoms with E-state index in [1.54, 1.807) is 12.1 Å². The first-order chi connectivity index (χ1) is 10.2. The lowest BCUT2D eigenvalue weighted by molar-refractivity contribution is -0.0498. The molecule has 1 aliphatic heterocycles. The molecule has 0 aromatic heterocycles. The van der Waals surface area contributed by atoms with Crippen molar-refractivity contribution in [2.45, 2.75) is 38.8 Å². The molecule has 1 saturated heterocycles. The number of hydrogen-bond donors (Lipinski definition) is 1. The van der Waals surface area contributed by atoms with Gasteiger partial charge in [0.2, 0.25) is 0 Å². The molecule has 1 aliphatic rings. The zero-order chi connectivity index (χ0) is 15.1. The third kappa shape index (κ3) is 5.71. The molecule has 0 spiro atoms. The van der Waals surface area contributed by atoms with Crippen molar-refractivity contribution in [2.24, 2.45) is 0 Å². The Morgan fingerprint density at radius 3 is 2.36 bits per heavy atom. The Bertz CT molecular complexity index is 411. The molecular weight excluding hydrogens is 310 g/mol. The van der Waals surface area contributed by atoms with Crippen molar-refractivity contribution in [3.63, 3.8) is 0 Å². The Morgan fingerprint density at radius 1 is 1.18 bits per heavy atom. The summed E-state index contributed by atoms with van der Waals surface area (Å²) in [5.41, 5.74) is 1.19. The van der Waals surface area contributed by atoms with E-state index in [-0.39, 0.29) is 18.2 Å². The van der Waals surface area contributed by atoms with Gasteiger partial charge in [-0.25, -0.2) is 0 Å². The van der Waals surface area contributed by atoms with E-state index in [0.29, 0.717) is 6.04 Å². The lowest BCUT2D eigenvalue weighted by Crippen LogP contribution is -2.45. The van der Waals surface area contributed by atoms with E-state index >= 15 is 0 Å². The van der Waals surface area contributed by atoms with Crippen LogP contribution in [0.2, 0.25) is 0 Å². The molecule has 126 valence electrons. The minimum absolute atomic E-state index is 0. The van der Waals surface area contributed by atoms with Crippen molar-refractivity contribution in [3.05, 3.63) is 29.8 Å². The number of piperazine rings is 1. The molecule has 0 saturated carbocycles. The van der Waals surface area contributed by atoms with E-state index in [0.717, 1.165) is 39.0 Å². The van der Waals surface area contributed by atoms with Crippen LogP contribution in [0.25, 0.3) is 0 Å². The summed E-state index contributed by atoms with van der Waals surface area (Å²) in [5, 5.41) is 3.36. The molecule has 0 amide bonds. The number of alkyl halides is 2. The molecule has 1 atom stereocenters. The Kier molecular flexibility index (Phi) is 8.68. The first-order valence-electron chi connectivity index (χ1n) is 7.70. The van der Waals surface area contributed by atoms with Gasteiger partial charge in [-0.1, -0.05) is 31.9 Å². The monoisotopic (exact) mass is 334 g/mol. The highest BCUT2D eigenvalue weighted by Gasteiger charge is 2.21. The zero-order valence-corrected chi connectivity index (χ0v) is 13.7. The van der Waals surface area contributed by atoms with Crippen molar-refractivity contribution >= 4 is 12.4 Å². The maximum atomic E-state index is 12.2. The minimum atomic E-state index is -2.76. The highest BCUT2D eigenvalue weighted by atomic mass is 35.5. The molecule has 22 heavy (non-hydrogen) atoms. The average Bonchev–Trinajstić information content (AvgIpc) is 2.50. The summed E-state index contributed by atoms with van der Waals surface area (Å²) in [7, 11) is 0. The number of hydrogen-bond acceptors (Lipinski definition) is 3. The Morgan fingerprint density at radius 2 is 1.82 bits per heavy atom. The smallest absolute Gasteiger partial charge is 0.387 e. The van der Waals surface area contributed by atoms with Gasteiger partial charge in [0, 0.05) is 32.2 Å². The van der Waals surface area contributed by atoms with E-state index < -0.39 is 6.61 Å². The summed E-state index contributed by atoms with van der Waals surface area (Å²) >= 11 is 0. The molecular formula is C16H25ClF2N2O. The number of nitrogens with zero attached hydrogens (tertiary/aromatic N) is 1. The second-order valence-corrected chi connectivity index (χ2v) is 5.39. The van der Waals surface area contributed by atoms with Gasteiger partial charge < -0.3 is 10.1 Å². The summed E-state index contributed by atoms with van der Waals surface area (Å²) in [6.07, 6.45) is 3.44. The number of rotatable bonds is 7. The van der Waals surface area contributed by atoms with E-state index in [1.807, 2.05) is 12.1 Å². The van der Waals surface area contributed by atoms with Gasteiger partial charge >= 0.3 is 6.61 Å². The van der Waals surface area contributed by atoms with Gasteiger partial charge in [0.25, 0.3) is 0 Å². The van der Waals surface area contributed by atoms with Crippen LogP contribution in [-0.2, 0) is 0 Å². The molecule has 1 heterocycles. The normalized spacial score (nSPS) is 17.1. The van der Waals surface area contributed by atoms with Crippen molar-refractivity contribution in [1.29, 1.82) is 0 Å². The SMILES string of the molecule is CCCC[C@@H](c1ccc(OC(F)F)cc1)N1CCNCC1.Cl. The Balaban J connectivity index is 0.00000242. The van der Waals surface area contributed by atoms with Gasteiger partial charge in [0.1, 0.15) is 5.75 Å². The topological polar surface area (TPSA) is 24.5 Å². The van der Waals surface area contributed by atoms with Gasteiger partial charge in [-0.3, -0.25) is 4.90 Å². The Labute approximate surface area is 137 Å². The maximum Gasteiger partial charge on any atom is 0.387 e. The van der Waals surface area contributed by atoms with Crippen LogP contribution in [0, 0.1) is 0 Å². The number of benzene rings is 1. The van der Waals surface area contributed by atoms with Crippen molar-refractivity contribution in [3.8, 4) is 5.75 Å². The lowest BCUT2D eigenvalue weighted by atomic mass is 9.98. The number of ether oxygens (including phenoxy) is 1. The number of nitrogens with one attached hydrogen (secondary N) is 1. The zero-order valence-electron chi connectivity index (χ0n) is 12.9. The van der Waals surface area contributed by atoms with Gasteiger partial charge in [-0.2, -0.15) is 8.78 Å². The van der Waals surface area contributed by atoms with Crippen molar-refractivity contribution < 1.29 is 13.5 Å². The first kappa shape index (κ1) is 19.1. The summed E-state index contributed by atoms with van der Waals surface area (Å²) in [6.45, 7) is 3.51. The maximum absolute atomic E-state index is 12.2. The standard InChI is InChI=1S/C16H24F2N2O.ClH/c1-2-3-4-15(20-11-9-19-10-12-20)13-5-7-14(8-6-13)21-16(17)18;/h5-8,15-16,19H,2-4,9-12H2,1H3;1H/t15-;/m0./s1. The van der Waals surface area contributed by atoms with Crippen LogP contribution in [0.4, 0.5) is 8.78 Å². The summed E-state index contributed by atoms with van der Waals surface area (Å²) in [6, 6.07) is 7.48. The predicted octanol–water partition coefficient (Wildman–Crippen LogP) is 3.85. The van der Waals surface area contributed by atoms with Gasteiger partial charge in [-0.05, 0) is 24.1 Å². The quantitative estimate of drug-likeness (QED) is 0.819. The molecule has 1 N–H and O–H groups in total. The van der Waals surface area contributed by atoms with Crippen LogP contribution in [-0.4, -0.2) is 37.7 Å². The number of halogens is 3. The molecule has 1 fully saturated rings. The molecule has 1 aromatic carbocycles. The average molecular weight is 335 g/mol. The molecule has 0 radical (unpaired) electrons. The van der Waals surface area contributed by atoms with E-state index in [4.69, 9.17) is 0 Å². The fourth-order valence-electron chi connectivity index (χ4n) is 2.82. The van der Waals surface area contributed by atoms with Crippen LogP contribution in [0.5, 0.6) is 5.75 Å². The summed E-state index contributed by atoms with van der Waals surface area (Å²) in [4.78, 5) is 2.48. The van der Waals surface area contributed by atoms with Crippen LogP contribution >= 0.6 is 12.4 Å². The third-order valence-electron chi connectivity index (χ3n) is 3.91. The Hall–Kier alpha value is -0.910. The molecule has 0 unspecified atom stereocenters. The molecule has 3 nitrogen and oxygen atoms in total. The highest BCUT2D eigenvalue weighted by Crippen LogP contribution is 2.28.